The lowest BCUT2D eigenvalue weighted by Crippen LogP contribution is -1.84. The summed E-state index contributed by atoms with van der Waals surface area (Å²) >= 11 is 0. The van der Waals surface area contributed by atoms with Crippen molar-refractivity contribution in [3.05, 3.63) is 12.2 Å². The third-order valence-electron chi connectivity index (χ3n) is 5.13. The van der Waals surface area contributed by atoms with Crippen LogP contribution < -0.4 is 0 Å². The van der Waals surface area contributed by atoms with E-state index in [1.165, 1.54) is 128 Å². The summed E-state index contributed by atoms with van der Waals surface area (Å²) in [4.78, 5) is 0. The van der Waals surface area contributed by atoms with Crippen molar-refractivity contribution in [3.8, 4) is 0 Å². The molecule has 144 valence electrons. The van der Waals surface area contributed by atoms with E-state index in [0.717, 1.165) is 0 Å². The van der Waals surface area contributed by atoms with Crippen LogP contribution in [0.2, 0.25) is 0 Å². The summed E-state index contributed by atoms with van der Waals surface area (Å²) in [6.07, 6.45) is 33.5. The third-order valence-corrected chi connectivity index (χ3v) is 5.13. The minimum Gasteiger partial charge on any atom is -0.0888 e. The summed E-state index contributed by atoms with van der Waals surface area (Å²) in [5, 5.41) is 0. The Morgan fingerprint density at radius 3 is 1.04 bits per heavy atom. The molecule has 0 atom stereocenters. The van der Waals surface area contributed by atoms with Crippen molar-refractivity contribution < 1.29 is 0 Å². The Morgan fingerprint density at radius 2 is 0.708 bits per heavy atom. The molecule has 0 fully saturated rings. The summed E-state index contributed by atoms with van der Waals surface area (Å²) in [6.45, 7) is 4.51. The van der Waals surface area contributed by atoms with E-state index in [1.54, 1.807) is 0 Å². The second-order valence-electron chi connectivity index (χ2n) is 7.68. The molecule has 24 heavy (non-hydrogen) atoms. The van der Waals surface area contributed by atoms with E-state index in [0.29, 0.717) is 0 Å². The zero-order valence-electron chi connectivity index (χ0n) is 17.3. The monoisotopic (exact) mass is 336 g/mol. The summed E-state index contributed by atoms with van der Waals surface area (Å²) < 4.78 is 0. The van der Waals surface area contributed by atoms with Gasteiger partial charge >= 0.3 is 0 Å². The van der Waals surface area contributed by atoms with Gasteiger partial charge in [-0.25, -0.2) is 0 Å². The van der Waals surface area contributed by atoms with Gasteiger partial charge in [0.15, 0.2) is 0 Å². The summed E-state index contributed by atoms with van der Waals surface area (Å²) in [6, 6.07) is 0. The first kappa shape index (κ1) is 23.7. The maximum absolute atomic E-state index is 2.35. The largest absolute Gasteiger partial charge is 0.0888 e. The first-order chi connectivity index (χ1) is 11.9. The number of hydrogen-bond donors (Lipinski definition) is 0. The van der Waals surface area contributed by atoms with E-state index < -0.39 is 0 Å². The first-order valence-electron chi connectivity index (χ1n) is 11.6. The molecule has 0 radical (unpaired) electrons. The van der Waals surface area contributed by atoms with Gasteiger partial charge in [0.1, 0.15) is 0 Å². The Bertz CT molecular complexity index is 228. The molecule has 0 aliphatic carbocycles. The molecular weight excluding hydrogens is 288 g/mol. The van der Waals surface area contributed by atoms with Gasteiger partial charge in [0.25, 0.3) is 0 Å². The smallest absolute Gasteiger partial charge is 0.0351 e. The molecule has 0 N–H and O–H groups in total. The van der Waals surface area contributed by atoms with Gasteiger partial charge in [0.2, 0.25) is 0 Å². The lowest BCUT2D eigenvalue weighted by molar-refractivity contribution is 0.525. The van der Waals surface area contributed by atoms with E-state index in [-0.39, 0.29) is 0 Å². The average Bonchev–Trinajstić information content (AvgIpc) is 2.60. The van der Waals surface area contributed by atoms with Crippen LogP contribution in [-0.4, -0.2) is 0 Å². The first-order valence-corrected chi connectivity index (χ1v) is 11.6. The standard InChI is InChI=1S/C24H48/c1-3-5-7-9-11-13-15-17-19-21-23-24-22-20-18-16-14-12-10-8-6-4-2/h5,7H,3-4,6,8-24H2,1-2H3. The normalized spacial score (nSPS) is 11.6. The van der Waals surface area contributed by atoms with Crippen LogP contribution in [0.25, 0.3) is 0 Å². The van der Waals surface area contributed by atoms with Crippen LogP contribution in [0.1, 0.15) is 142 Å². The number of unbranched alkanes of at least 4 members (excludes halogenated alkanes) is 18. The van der Waals surface area contributed by atoms with Gasteiger partial charge < -0.3 is 0 Å². The molecule has 0 amide bonds. The summed E-state index contributed by atoms with van der Waals surface area (Å²) in [5.74, 6) is 0. The lowest BCUT2D eigenvalue weighted by atomic mass is 10.0. The summed E-state index contributed by atoms with van der Waals surface area (Å²) in [5.41, 5.74) is 0. The molecule has 0 heterocycles. The second kappa shape index (κ2) is 22.7. The predicted octanol–water partition coefficient (Wildman–Crippen LogP) is 9.38. The predicted molar refractivity (Wildman–Crippen MR) is 113 cm³/mol. The van der Waals surface area contributed by atoms with Crippen molar-refractivity contribution in [2.75, 3.05) is 0 Å². The molecule has 0 heteroatoms. The highest BCUT2D eigenvalue weighted by atomic mass is 14.0. The highest BCUT2D eigenvalue weighted by Crippen LogP contribution is 2.14. The topological polar surface area (TPSA) is 0 Å². The van der Waals surface area contributed by atoms with Crippen LogP contribution in [0.15, 0.2) is 12.2 Å². The Morgan fingerprint density at radius 1 is 0.375 bits per heavy atom. The van der Waals surface area contributed by atoms with Crippen LogP contribution in [0.5, 0.6) is 0 Å². The Kier molecular flexibility index (Phi) is 22.5. The van der Waals surface area contributed by atoms with Crippen LogP contribution in [0, 0.1) is 0 Å². The zero-order chi connectivity index (χ0) is 17.6. The molecule has 0 saturated heterocycles. The molecule has 0 saturated carbocycles. The molecule has 0 aromatic heterocycles. The van der Waals surface area contributed by atoms with E-state index in [1.807, 2.05) is 0 Å². The van der Waals surface area contributed by atoms with E-state index in [2.05, 4.69) is 26.0 Å². The Hall–Kier alpha value is -0.260. The molecule has 0 aliphatic rings. The molecule has 0 aromatic carbocycles. The molecule has 0 aliphatic heterocycles. The SMILES string of the molecule is CCC=CCCCCCCCCCCCCCCCCCCCC. The van der Waals surface area contributed by atoms with Crippen molar-refractivity contribution in [1.29, 1.82) is 0 Å². The van der Waals surface area contributed by atoms with Crippen LogP contribution >= 0.6 is 0 Å². The van der Waals surface area contributed by atoms with E-state index in [4.69, 9.17) is 0 Å². The van der Waals surface area contributed by atoms with Gasteiger partial charge in [-0.05, 0) is 19.3 Å². The van der Waals surface area contributed by atoms with Crippen LogP contribution in [0.4, 0.5) is 0 Å². The quantitative estimate of drug-likeness (QED) is 0.153. The van der Waals surface area contributed by atoms with Gasteiger partial charge in [-0.1, -0.05) is 135 Å². The zero-order valence-corrected chi connectivity index (χ0v) is 17.3. The minimum absolute atomic E-state index is 1.19. The molecule has 0 spiro atoms. The molecule has 0 rings (SSSR count). The van der Waals surface area contributed by atoms with Crippen molar-refractivity contribution >= 4 is 0 Å². The van der Waals surface area contributed by atoms with Crippen molar-refractivity contribution in [1.82, 2.24) is 0 Å². The molecule has 0 unspecified atom stereocenters. The highest BCUT2D eigenvalue weighted by Gasteiger charge is 1.94. The van der Waals surface area contributed by atoms with Crippen molar-refractivity contribution in [3.63, 3.8) is 0 Å². The Balaban J connectivity index is 2.97. The third kappa shape index (κ3) is 21.7. The maximum Gasteiger partial charge on any atom is -0.0351 e. The average molecular weight is 337 g/mol. The molecule has 0 bridgehead atoms. The Labute approximate surface area is 154 Å². The van der Waals surface area contributed by atoms with E-state index >= 15 is 0 Å². The van der Waals surface area contributed by atoms with Gasteiger partial charge in [-0.3, -0.25) is 0 Å². The molecular formula is C24H48. The van der Waals surface area contributed by atoms with Crippen LogP contribution in [-0.2, 0) is 0 Å². The highest BCUT2D eigenvalue weighted by molar-refractivity contribution is 4.79. The fourth-order valence-corrected chi connectivity index (χ4v) is 3.45. The van der Waals surface area contributed by atoms with Crippen molar-refractivity contribution in [2.45, 2.75) is 142 Å². The summed E-state index contributed by atoms with van der Waals surface area (Å²) in [7, 11) is 0. The lowest BCUT2D eigenvalue weighted by Gasteiger charge is -2.03. The number of rotatable bonds is 20. The minimum atomic E-state index is 1.19. The van der Waals surface area contributed by atoms with E-state index in [9.17, 15) is 0 Å². The number of hydrogen-bond acceptors (Lipinski definition) is 0. The van der Waals surface area contributed by atoms with Crippen LogP contribution in [0.3, 0.4) is 0 Å². The fourth-order valence-electron chi connectivity index (χ4n) is 3.45. The molecule has 0 nitrogen and oxygen atoms in total. The fraction of sp³-hybridized carbons (Fsp3) is 0.917. The van der Waals surface area contributed by atoms with Crippen molar-refractivity contribution in [2.24, 2.45) is 0 Å². The van der Waals surface area contributed by atoms with Gasteiger partial charge in [0, 0.05) is 0 Å². The number of allylic oxidation sites excluding steroid dienone is 2. The van der Waals surface area contributed by atoms with Gasteiger partial charge in [-0.2, -0.15) is 0 Å². The molecule has 0 aromatic rings. The maximum atomic E-state index is 2.35. The van der Waals surface area contributed by atoms with Gasteiger partial charge in [-0.15, -0.1) is 0 Å². The second-order valence-corrected chi connectivity index (χ2v) is 7.68. The van der Waals surface area contributed by atoms with Gasteiger partial charge in [0.05, 0.1) is 0 Å².